The molecule has 0 bridgehead atoms. The van der Waals surface area contributed by atoms with Gasteiger partial charge in [0.05, 0.1) is 12.7 Å². The maximum atomic E-state index is 5.19. The molecule has 0 aromatic rings. The number of hydrogen-bond donors (Lipinski definition) is 0. The third-order valence-corrected chi connectivity index (χ3v) is 1.58. The summed E-state index contributed by atoms with van der Waals surface area (Å²) < 4.78 is 10.3. The summed E-state index contributed by atoms with van der Waals surface area (Å²) >= 11 is 1.42. The third-order valence-electron chi connectivity index (χ3n) is 1.12. The van der Waals surface area contributed by atoms with Crippen LogP contribution in [0.15, 0.2) is 0 Å². The van der Waals surface area contributed by atoms with Crippen molar-refractivity contribution in [2.45, 2.75) is 12.5 Å². The molecule has 1 aliphatic rings. The second kappa shape index (κ2) is 3.33. The van der Waals surface area contributed by atoms with Crippen molar-refractivity contribution in [1.29, 1.82) is 0 Å². The zero-order valence-corrected chi connectivity index (χ0v) is 5.74. The Bertz CT molecular complexity index is 61.4. The molecule has 0 aromatic carbocycles. The van der Waals surface area contributed by atoms with Gasteiger partial charge in [-0.2, -0.15) is 0 Å². The zero-order valence-electron chi connectivity index (χ0n) is 4.92. The molecule has 0 saturated carbocycles. The molecule has 0 spiro atoms. The second-order valence-electron chi connectivity index (χ2n) is 1.75. The molecule has 0 aliphatic carbocycles. The Balaban J connectivity index is 2.06. The van der Waals surface area contributed by atoms with Crippen LogP contribution < -0.4 is 0 Å². The highest BCUT2D eigenvalue weighted by Gasteiger charge is 2.14. The maximum absolute atomic E-state index is 5.19. The van der Waals surface area contributed by atoms with Gasteiger partial charge in [0.15, 0.2) is 0 Å². The van der Waals surface area contributed by atoms with E-state index in [4.69, 9.17) is 8.92 Å². The van der Waals surface area contributed by atoms with Crippen molar-refractivity contribution >= 4 is 12.0 Å². The lowest BCUT2D eigenvalue weighted by Crippen LogP contribution is -2.06. The van der Waals surface area contributed by atoms with Crippen molar-refractivity contribution < 1.29 is 8.92 Å². The lowest BCUT2D eigenvalue weighted by molar-refractivity contribution is 0.155. The standard InChI is InChI=1S/C5H10O2S/c1-8-7-5-2-3-6-4-5/h5H,2-4H2,1H3/t5-/m1/s1. The summed E-state index contributed by atoms with van der Waals surface area (Å²) in [6.45, 7) is 1.64. The molecule has 0 amide bonds. The minimum absolute atomic E-state index is 0.352. The fraction of sp³-hybridized carbons (Fsp3) is 1.00. The molecule has 0 radical (unpaired) electrons. The van der Waals surface area contributed by atoms with Gasteiger partial charge in [-0.3, -0.25) is 0 Å². The van der Waals surface area contributed by atoms with Crippen LogP contribution in [0, 0.1) is 0 Å². The van der Waals surface area contributed by atoms with Gasteiger partial charge in [0.1, 0.15) is 0 Å². The highest BCUT2D eigenvalue weighted by molar-refractivity contribution is 7.93. The number of hydrogen-bond acceptors (Lipinski definition) is 3. The van der Waals surface area contributed by atoms with Crippen molar-refractivity contribution in [3.05, 3.63) is 0 Å². The van der Waals surface area contributed by atoms with Crippen LogP contribution in [-0.4, -0.2) is 25.6 Å². The van der Waals surface area contributed by atoms with Crippen LogP contribution in [-0.2, 0) is 8.92 Å². The topological polar surface area (TPSA) is 18.5 Å². The molecule has 48 valence electrons. The number of ether oxygens (including phenoxy) is 1. The first-order chi connectivity index (χ1) is 3.93. The van der Waals surface area contributed by atoms with Gasteiger partial charge in [0.25, 0.3) is 0 Å². The summed E-state index contributed by atoms with van der Waals surface area (Å²) in [5, 5.41) is 0. The van der Waals surface area contributed by atoms with E-state index in [9.17, 15) is 0 Å². The molecule has 3 heteroatoms. The van der Waals surface area contributed by atoms with Crippen LogP contribution in [0.4, 0.5) is 0 Å². The third kappa shape index (κ3) is 1.65. The lowest BCUT2D eigenvalue weighted by atomic mass is 10.3. The predicted octanol–water partition coefficient (Wildman–Crippen LogP) is 1.07. The maximum Gasteiger partial charge on any atom is 0.0977 e. The first-order valence-corrected chi connectivity index (χ1v) is 3.85. The van der Waals surface area contributed by atoms with Gasteiger partial charge >= 0.3 is 0 Å². The molecule has 0 unspecified atom stereocenters. The van der Waals surface area contributed by atoms with Crippen molar-refractivity contribution in [3.8, 4) is 0 Å². The van der Waals surface area contributed by atoms with Crippen LogP contribution in [0.3, 0.4) is 0 Å². The average Bonchev–Trinajstić information content (AvgIpc) is 2.19. The van der Waals surface area contributed by atoms with Crippen LogP contribution in [0.5, 0.6) is 0 Å². The van der Waals surface area contributed by atoms with E-state index < -0.39 is 0 Å². The van der Waals surface area contributed by atoms with Crippen molar-refractivity contribution in [2.24, 2.45) is 0 Å². The summed E-state index contributed by atoms with van der Waals surface area (Å²) in [5.74, 6) is 0. The highest BCUT2D eigenvalue weighted by Crippen LogP contribution is 2.12. The van der Waals surface area contributed by atoms with Crippen LogP contribution >= 0.6 is 12.0 Å². The van der Waals surface area contributed by atoms with Crippen LogP contribution in [0.25, 0.3) is 0 Å². The van der Waals surface area contributed by atoms with E-state index in [1.807, 2.05) is 6.26 Å². The molecule has 0 N–H and O–H groups in total. The van der Waals surface area contributed by atoms with E-state index in [1.54, 1.807) is 0 Å². The van der Waals surface area contributed by atoms with Gasteiger partial charge in [-0.1, -0.05) is 0 Å². The molecule has 1 aliphatic heterocycles. The van der Waals surface area contributed by atoms with Crippen molar-refractivity contribution in [3.63, 3.8) is 0 Å². The van der Waals surface area contributed by atoms with Gasteiger partial charge in [-0.25, -0.2) is 0 Å². The molecular weight excluding hydrogens is 124 g/mol. The molecule has 1 rings (SSSR count). The summed E-state index contributed by atoms with van der Waals surface area (Å²) in [6, 6.07) is 0. The molecular formula is C5H10O2S. The Morgan fingerprint density at radius 2 is 2.62 bits per heavy atom. The van der Waals surface area contributed by atoms with Gasteiger partial charge in [-0.05, 0) is 12.0 Å². The first kappa shape index (κ1) is 6.39. The lowest BCUT2D eigenvalue weighted by Gasteiger charge is -2.02. The first-order valence-electron chi connectivity index (χ1n) is 2.70. The SMILES string of the molecule is CSO[C@@H]1CCOC1. The van der Waals surface area contributed by atoms with Gasteiger partial charge in [0.2, 0.25) is 0 Å². The largest absolute Gasteiger partial charge is 0.379 e. The molecule has 1 saturated heterocycles. The zero-order chi connectivity index (χ0) is 5.82. The minimum Gasteiger partial charge on any atom is -0.379 e. The molecule has 1 fully saturated rings. The van der Waals surface area contributed by atoms with Crippen LogP contribution in [0.2, 0.25) is 0 Å². The Kier molecular flexibility index (Phi) is 2.66. The normalized spacial score (nSPS) is 28.9. The Labute approximate surface area is 53.8 Å². The van der Waals surface area contributed by atoms with Gasteiger partial charge in [0, 0.05) is 19.3 Å². The van der Waals surface area contributed by atoms with E-state index >= 15 is 0 Å². The van der Waals surface area contributed by atoms with E-state index in [0.717, 1.165) is 19.6 Å². The molecule has 8 heavy (non-hydrogen) atoms. The Morgan fingerprint density at radius 3 is 3.12 bits per heavy atom. The summed E-state index contributed by atoms with van der Waals surface area (Å²) in [6.07, 6.45) is 3.34. The highest BCUT2D eigenvalue weighted by atomic mass is 32.2. The Hall–Kier alpha value is 0.270. The number of rotatable bonds is 2. The summed E-state index contributed by atoms with van der Waals surface area (Å²) in [5.41, 5.74) is 0. The predicted molar refractivity (Wildman–Crippen MR) is 33.8 cm³/mol. The second-order valence-corrected chi connectivity index (χ2v) is 2.27. The summed E-state index contributed by atoms with van der Waals surface area (Å²) in [7, 11) is 0. The van der Waals surface area contributed by atoms with E-state index in [2.05, 4.69) is 0 Å². The van der Waals surface area contributed by atoms with Gasteiger partial charge in [-0.15, -0.1) is 0 Å². The fourth-order valence-corrected chi connectivity index (χ4v) is 1.15. The average molecular weight is 134 g/mol. The van der Waals surface area contributed by atoms with E-state index in [-0.39, 0.29) is 0 Å². The van der Waals surface area contributed by atoms with Crippen LogP contribution in [0.1, 0.15) is 6.42 Å². The molecule has 0 aromatic heterocycles. The fourth-order valence-electron chi connectivity index (χ4n) is 0.725. The van der Waals surface area contributed by atoms with E-state index in [1.165, 1.54) is 12.0 Å². The summed E-state index contributed by atoms with van der Waals surface area (Å²) in [4.78, 5) is 0. The minimum atomic E-state index is 0.352. The quantitative estimate of drug-likeness (QED) is 0.526. The van der Waals surface area contributed by atoms with Gasteiger partial charge < -0.3 is 8.92 Å². The van der Waals surface area contributed by atoms with E-state index in [0.29, 0.717) is 6.10 Å². The smallest absolute Gasteiger partial charge is 0.0977 e. The van der Waals surface area contributed by atoms with Crippen molar-refractivity contribution in [2.75, 3.05) is 19.5 Å². The molecule has 1 atom stereocenters. The molecule has 2 nitrogen and oxygen atoms in total. The van der Waals surface area contributed by atoms with Crippen molar-refractivity contribution in [1.82, 2.24) is 0 Å². The Morgan fingerprint density at radius 1 is 1.75 bits per heavy atom. The molecule has 1 heterocycles. The monoisotopic (exact) mass is 134 g/mol.